The number of ketones is 1. The molecule has 34 heavy (non-hydrogen) atoms. The number of nitrogens with two attached hydrogens (primary N) is 1. The van der Waals surface area contributed by atoms with E-state index < -0.39 is 0 Å². The lowest BCUT2D eigenvalue weighted by molar-refractivity contribution is 0.101. The summed E-state index contributed by atoms with van der Waals surface area (Å²) >= 11 is 0. The molecule has 0 aliphatic carbocycles. The standard InChI is InChI=1S/C29H23N3O2/c1-18(33)22-8-5-9-23(14-22)26-17-31-29(34)25-15-24(20-6-3-2-4-7-20)27(32-28(25)26)21-12-10-19(16-30)11-13-21/h2-15,17H,16,30H2,1H3,(H,31,34). The van der Waals surface area contributed by atoms with Gasteiger partial charge in [0.1, 0.15) is 0 Å². The first-order valence-corrected chi connectivity index (χ1v) is 11.1. The number of pyridine rings is 2. The van der Waals surface area contributed by atoms with E-state index in [1.54, 1.807) is 12.3 Å². The number of aromatic nitrogens is 2. The lowest BCUT2D eigenvalue weighted by Gasteiger charge is -2.14. The maximum absolute atomic E-state index is 12.9. The van der Waals surface area contributed by atoms with Gasteiger partial charge in [-0.3, -0.25) is 9.59 Å². The van der Waals surface area contributed by atoms with Gasteiger partial charge in [0.2, 0.25) is 0 Å². The summed E-state index contributed by atoms with van der Waals surface area (Å²) in [6.45, 7) is 2.00. The summed E-state index contributed by atoms with van der Waals surface area (Å²) in [5.41, 5.74) is 12.9. The first-order valence-electron chi connectivity index (χ1n) is 11.1. The average Bonchev–Trinajstić information content (AvgIpc) is 2.89. The van der Waals surface area contributed by atoms with Crippen molar-refractivity contribution in [3.63, 3.8) is 0 Å². The van der Waals surface area contributed by atoms with Gasteiger partial charge in [-0.15, -0.1) is 0 Å². The Morgan fingerprint density at radius 2 is 1.59 bits per heavy atom. The van der Waals surface area contributed by atoms with Crippen molar-refractivity contribution in [2.24, 2.45) is 5.73 Å². The van der Waals surface area contributed by atoms with Crippen LogP contribution in [0, 0.1) is 0 Å². The average molecular weight is 446 g/mol. The smallest absolute Gasteiger partial charge is 0.257 e. The molecule has 0 atom stereocenters. The number of benzene rings is 3. The number of Topliss-reactive ketones (excluding diaryl/α,β-unsaturated/α-hetero) is 1. The molecule has 0 aliphatic heterocycles. The Morgan fingerprint density at radius 1 is 0.853 bits per heavy atom. The third-order valence-corrected chi connectivity index (χ3v) is 6.00. The minimum atomic E-state index is -0.212. The van der Waals surface area contributed by atoms with E-state index in [9.17, 15) is 9.59 Å². The molecule has 0 bridgehead atoms. The number of fused-ring (bicyclic) bond motifs is 1. The van der Waals surface area contributed by atoms with Crippen LogP contribution in [0.15, 0.2) is 95.9 Å². The molecule has 0 fully saturated rings. The Balaban J connectivity index is 1.83. The number of hydrogen-bond donors (Lipinski definition) is 2. The highest BCUT2D eigenvalue weighted by molar-refractivity contribution is 6.00. The normalized spacial score (nSPS) is 11.0. The predicted molar refractivity (Wildman–Crippen MR) is 137 cm³/mol. The van der Waals surface area contributed by atoms with E-state index in [1.807, 2.05) is 78.9 Å². The zero-order valence-corrected chi connectivity index (χ0v) is 18.7. The number of nitrogens with zero attached hydrogens (tertiary/aromatic N) is 1. The van der Waals surface area contributed by atoms with Gasteiger partial charge >= 0.3 is 0 Å². The summed E-state index contributed by atoms with van der Waals surface area (Å²) in [5, 5.41) is 0.493. The summed E-state index contributed by atoms with van der Waals surface area (Å²) in [5.74, 6) is -0.0180. The molecule has 166 valence electrons. The number of nitrogens with one attached hydrogen (secondary N) is 1. The topological polar surface area (TPSA) is 88.8 Å². The van der Waals surface area contributed by atoms with Crippen LogP contribution in [-0.4, -0.2) is 15.8 Å². The zero-order chi connectivity index (χ0) is 23.7. The molecule has 0 aliphatic rings. The molecule has 0 radical (unpaired) electrons. The van der Waals surface area contributed by atoms with Gasteiger partial charge in [0, 0.05) is 35.0 Å². The lowest BCUT2D eigenvalue weighted by Crippen LogP contribution is -2.08. The van der Waals surface area contributed by atoms with E-state index in [0.717, 1.165) is 39.1 Å². The van der Waals surface area contributed by atoms with Crippen LogP contribution >= 0.6 is 0 Å². The third kappa shape index (κ3) is 3.93. The molecular weight excluding hydrogens is 422 g/mol. The molecular formula is C29H23N3O2. The van der Waals surface area contributed by atoms with Crippen LogP contribution in [0.25, 0.3) is 44.4 Å². The summed E-state index contributed by atoms with van der Waals surface area (Å²) in [6.07, 6.45) is 1.67. The minimum absolute atomic E-state index is 0.0180. The molecule has 5 rings (SSSR count). The molecule has 2 aromatic heterocycles. The van der Waals surface area contributed by atoms with Crippen molar-refractivity contribution in [2.45, 2.75) is 13.5 Å². The van der Waals surface area contributed by atoms with E-state index in [4.69, 9.17) is 10.7 Å². The Morgan fingerprint density at radius 3 is 2.29 bits per heavy atom. The Bertz CT molecular complexity index is 1570. The van der Waals surface area contributed by atoms with Crippen LogP contribution in [0.1, 0.15) is 22.8 Å². The van der Waals surface area contributed by atoms with Crippen molar-refractivity contribution in [1.82, 2.24) is 9.97 Å². The fourth-order valence-electron chi connectivity index (χ4n) is 4.16. The molecule has 0 unspecified atom stereocenters. The largest absolute Gasteiger partial charge is 0.328 e. The highest BCUT2D eigenvalue weighted by Crippen LogP contribution is 2.35. The van der Waals surface area contributed by atoms with Crippen molar-refractivity contribution in [2.75, 3.05) is 0 Å². The molecule has 0 spiro atoms. The van der Waals surface area contributed by atoms with Crippen LogP contribution in [0.3, 0.4) is 0 Å². The van der Waals surface area contributed by atoms with Crippen molar-refractivity contribution in [1.29, 1.82) is 0 Å². The van der Waals surface area contributed by atoms with E-state index in [2.05, 4.69) is 4.98 Å². The van der Waals surface area contributed by atoms with E-state index in [0.29, 0.717) is 23.0 Å². The molecule has 3 aromatic carbocycles. The van der Waals surface area contributed by atoms with Crippen LogP contribution in [0.5, 0.6) is 0 Å². The summed E-state index contributed by atoms with van der Waals surface area (Å²) < 4.78 is 0. The van der Waals surface area contributed by atoms with Crippen molar-refractivity contribution in [3.8, 4) is 33.5 Å². The number of hydrogen-bond acceptors (Lipinski definition) is 4. The molecule has 3 N–H and O–H groups in total. The van der Waals surface area contributed by atoms with Gasteiger partial charge in [-0.2, -0.15) is 0 Å². The van der Waals surface area contributed by atoms with Gasteiger partial charge < -0.3 is 10.7 Å². The Labute approximate surface area is 196 Å². The van der Waals surface area contributed by atoms with Gasteiger partial charge in [-0.05, 0) is 35.7 Å². The number of carbonyl (C=O) groups is 1. The summed E-state index contributed by atoms with van der Waals surface area (Å²) in [7, 11) is 0. The zero-order valence-electron chi connectivity index (χ0n) is 18.7. The quantitative estimate of drug-likeness (QED) is 0.345. The molecule has 5 nitrogen and oxygen atoms in total. The molecule has 5 aromatic rings. The van der Waals surface area contributed by atoms with Crippen molar-refractivity contribution >= 4 is 16.7 Å². The fourth-order valence-corrected chi connectivity index (χ4v) is 4.16. The predicted octanol–water partition coefficient (Wildman–Crippen LogP) is 5.59. The maximum atomic E-state index is 12.9. The van der Waals surface area contributed by atoms with Gasteiger partial charge in [-0.25, -0.2) is 4.98 Å². The molecule has 0 saturated carbocycles. The maximum Gasteiger partial charge on any atom is 0.257 e. The molecule has 2 heterocycles. The van der Waals surface area contributed by atoms with Crippen molar-refractivity contribution in [3.05, 3.63) is 113 Å². The van der Waals surface area contributed by atoms with Crippen molar-refractivity contribution < 1.29 is 4.79 Å². The second kappa shape index (κ2) is 8.89. The van der Waals surface area contributed by atoms with Gasteiger partial charge in [0.05, 0.1) is 16.6 Å². The SMILES string of the molecule is CC(=O)c1cccc(-c2c[nH]c(=O)c3cc(-c4ccccc4)c(-c4ccc(CN)cc4)nc23)c1. The van der Waals surface area contributed by atoms with Crippen LogP contribution in [0.4, 0.5) is 0 Å². The van der Waals surface area contributed by atoms with Crippen LogP contribution < -0.4 is 11.3 Å². The Hall–Kier alpha value is -4.35. The number of rotatable bonds is 5. The van der Waals surface area contributed by atoms with E-state index in [-0.39, 0.29) is 11.3 Å². The first kappa shape index (κ1) is 21.5. The van der Waals surface area contributed by atoms with E-state index in [1.165, 1.54) is 6.92 Å². The Kier molecular flexibility index (Phi) is 5.62. The number of H-pyrrole nitrogens is 1. The molecule has 0 amide bonds. The van der Waals surface area contributed by atoms with Gasteiger partial charge in [-0.1, -0.05) is 72.8 Å². The monoisotopic (exact) mass is 445 g/mol. The van der Waals surface area contributed by atoms with Gasteiger partial charge in [0.15, 0.2) is 5.78 Å². The highest BCUT2D eigenvalue weighted by Gasteiger charge is 2.16. The first-order chi connectivity index (χ1) is 16.5. The van der Waals surface area contributed by atoms with Crippen LogP contribution in [-0.2, 0) is 6.54 Å². The second-order valence-electron chi connectivity index (χ2n) is 8.22. The van der Waals surface area contributed by atoms with E-state index >= 15 is 0 Å². The fraction of sp³-hybridized carbons (Fsp3) is 0.0690. The minimum Gasteiger partial charge on any atom is -0.328 e. The molecule has 0 saturated heterocycles. The summed E-state index contributed by atoms with van der Waals surface area (Å²) in [4.78, 5) is 32.7. The highest BCUT2D eigenvalue weighted by atomic mass is 16.1. The number of aromatic amines is 1. The second-order valence-corrected chi connectivity index (χ2v) is 8.22. The van der Waals surface area contributed by atoms with Crippen LogP contribution in [0.2, 0.25) is 0 Å². The molecule has 5 heteroatoms. The van der Waals surface area contributed by atoms with Gasteiger partial charge in [0.25, 0.3) is 5.56 Å². The summed E-state index contributed by atoms with van der Waals surface area (Å²) in [6, 6.07) is 27.2. The lowest BCUT2D eigenvalue weighted by atomic mass is 9.95. The third-order valence-electron chi connectivity index (χ3n) is 6.00. The number of carbonyl (C=O) groups excluding carboxylic acids is 1.